The van der Waals surface area contributed by atoms with Gasteiger partial charge in [-0.15, -0.1) is 0 Å². The molecule has 0 radical (unpaired) electrons. The highest BCUT2D eigenvalue weighted by Crippen LogP contribution is 2.29. The molecule has 0 aromatic rings. The Balaban J connectivity index is 2.29. The number of rotatable bonds is 8. The molecule has 1 unspecified atom stereocenters. The zero-order valence-electron chi connectivity index (χ0n) is 12.9. The molecular weight excluding hydrogens is 224 g/mol. The lowest BCUT2D eigenvalue weighted by Gasteiger charge is -2.40. The molecule has 1 saturated carbocycles. The molecule has 0 aliphatic heterocycles. The van der Waals surface area contributed by atoms with Gasteiger partial charge in [-0.2, -0.15) is 0 Å². The van der Waals surface area contributed by atoms with E-state index < -0.39 is 0 Å². The van der Waals surface area contributed by atoms with E-state index in [0.29, 0.717) is 12.0 Å². The van der Waals surface area contributed by atoms with E-state index in [4.69, 9.17) is 0 Å². The van der Waals surface area contributed by atoms with E-state index in [0.717, 1.165) is 32.5 Å². The highest BCUT2D eigenvalue weighted by atomic mass is 16.3. The van der Waals surface area contributed by atoms with Crippen LogP contribution in [0.4, 0.5) is 0 Å². The molecule has 18 heavy (non-hydrogen) atoms. The number of aliphatic hydroxyl groups excluding tert-OH is 1. The van der Waals surface area contributed by atoms with Crippen LogP contribution in [0.1, 0.15) is 47.0 Å². The molecule has 3 nitrogen and oxygen atoms in total. The van der Waals surface area contributed by atoms with Crippen LogP contribution < -0.4 is 5.32 Å². The fourth-order valence-electron chi connectivity index (χ4n) is 2.82. The summed E-state index contributed by atoms with van der Waals surface area (Å²) in [6, 6.07) is 0.534. The molecule has 1 aliphatic carbocycles. The zero-order valence-corrected chi connectivity index (χ0v) is 12.9. The molecule has 3 heteroatoms. The zero-order chi connectivity index (χ0) is 13.8. The third kappa shape index (κ3) is 4.87. The second-order valence-corrected chi connectivity index (χ2v) is 6.85. The summed E-state index contributed by atoms with van der Waals surface area (Å²) in [6.07, 6.45) is 3.15. The Labute approximate surface area is 113 Å². The molecule has 0 saturated heterocycles. The van der Waals surface area contributed by atoms with E-state index in [-0.39, 0.29) is 11.5 Å². The van der Waals surface area contributed by atoms with Crippen molar-refractivity contribution in [1.29, 1.82) is 0 Å². The number of nitrogens with zero attached hydrogens (tertiary/aromatic N) is 1. The molecule has 2 N–H and O–H groups in total. The molecule has 1 aliphatic rings. The first kappa shape index (κ1) is 15.9. The van der Waals surface area contributed by atoms with Gasteiger partial charge in [0.25, 0.3) is 0 Å². The molecule has 0 aromatic heterocycles. The van der Waals surface area contributed by atoms with Crippen molar-refractivity contribution in [2.75, 3.05) is 26.7 Å². The van der Waals surface area contributed by atoms with Crippen molar-refractivity contribution in [1.82, 2.24) is 10.2 Å². The highest BCUT2D eigenvalue weighted by Gasteiger charge is 2.31. The largest absolute Gasteiger partial charge is 0.393 e. The van der Waals surface area contributed by atoms with Crippen molar-refractivity contribution in [2.45, 2.75) is 59.1 Å². The molecule has 0 bridgehead atoms. The van der Waals surface area contributed by atoms with Gasteiger partial charge in [-0.25, -0.2) is 0 Å². The Hall–Kier alpha value is -0.120. The Bertz CT molecular complexity index is 237. The summed E-state index contributed by atoms with van der Waals surface area (Å²) in [7, 11) is 2.21. The third-order valence-electron chi connectivity index (χ3n) is 4.33. The highest BCUT2D eigenvalue weighted by molar-refractivity contribution is 4.86. The van der Waals surface area contributed by atoms with Crippen LogP contribution in [0.2, 0.25) is 0 Å². The van der Waals surface area contributed by atoms with Gasteiger partial charge in [-0.1, -0.05) is 20.8 Å². The first-order valence-corrected chi connectivity index (χ1v) is 7.45. The van der Waals surface area contributed by atoms with Gasteiger partial charge in [0.05, 0.1) is 6.10 Å². The van der Waals surface area contributed by atoms with Crippen LogP contribution in [0, 0.1) is 11.3 Å². The maximum absolute atomic E-state index is 9.32. The van der Waals surface area contributed by atoms with Crippen molar-refractivity contribution >= 4 is 0 Å². The second kappa shape index (κ2) is 6.88. The van der Waals surface area contributed by atoms with E-state index >= 15 is 0 Å². The monoisotopic (exact) mass is 256 g/mol. The molecule has 0 heterocycles. The van der Waals surface area contributed by atoms with Crippen LogP contribution in [0.15, 0.2) is 0 Å². The molecule has 1 fully saturated rings. The number of aliphatic hydroxyl groups is 1. The minimum absolute atomic E-state index is 0.0263. The lowest BCUT2D eigenvalue weighted by Crippen LogP contribution is -2.48. The summed E-state index contributed by atoms with van der Waals surface area (Å²) in [4.78, 5) is 2.43. The van der Waals surface area contributed by atoms with Crippen LogP contribution in [0.3, 0.4) is 0 Å². The molecule has 1 atom stereocenters. The molecule has 0 amide bonds. The average Bonchev–Trinajstić information content (AvgIpc) is 2.22. The summed E-state index contributed by atoms with van der Waals surface area (Å²) >= 11 is 0. The van der Waals surface area contributed by atoms with E-state index in [1.165, 1.54) is 6.42 Å². The summed E-state index contributed by atoms with van der Waals surface area (Å²) in [5.74, 6) is 0.708. The van der Waals surface area contributed by atoms with Crippen molar-refractivity contribution in [3.05, 3.63) is 0 Å². The van der Waals surface area contributed by atoms with Crippen LogP contribution in [0.5, 0.6) is 0 Å². The Morgan fingerprint density at radius 2 is 2.00 bits per heavy atom. The van der Waals surface area contributed by atoms with E-state index in [1.807, 2.05) is 0 Å². The van der Waals surface area contributed by atoms with Gasteiger partial charge in [-0.05, 0) is 51.1 Å². The standard InChI is InChI=1S/C15H32N2O/c1-6-7-16-12(2)15(3,4)11-17(5)10-13-8-14(18)9-13/h12-14,16,18H,6-11H2,1-5H3. The fourth-order valence-corrected chi connectivity index (χ4v) is 2.82. The maximum atomic E-state index is 9.32. The Kier molecular flexibility index (Phi) is 6.09. The minimum Gasteiger partial charge on any atom is -0.393 e. The molecular formula is C15H32N2O. The topological polar surface area (TPSA) is 35.5 Å². The molecule has 108 valence electrons. The average molecular weight is 256 g/mol. The van der Waals surface area contributed by atoms with Gasteiger partial charge in [0, 0.05) is 19.1 Å². The SMILES string of the molecule is CCCNC(C)C(C)(C)CN(C)CC1CC(O)C1. The summed E-state index contributed by atoms with van der Waals surface area (Å²) in [5.41, 5.74) is 0.284. The molecule has 1 rings (SSSR count). The van der Waals surface area contributed by atoms with Gasteiger partial charge >= 0.3 is 0 Å². The van der Waals surface area contributed by atoms with Crippen LogP contribution in [-0.2, 0) is 0 Å². The second-order valence-electron chi connectivity index (χ2n) is 6.85. The summed E-state index contributed by atoms with van der Waals surface area (Å²) in [5, 5.41) is 12.9. The van der Waals surface area contributed by atoms with Gasteiger partial charge in [0.15, 0.2) is 0 Å². The van der Waals surface area contributed by atoms with Crippen LogP contribution in [-0.4, -0.2) is 48.8 Å². The first-order valence-electron chi connectivity index (χ1n) is 7.45. The normalized spacial score (nSPS) is 26.2. The summed E-state index contributed by atoms with van der Waals surface area (Å²) in [6.45, 7) is 12.5. The lowest BCUT2D eigenvalue weighted by atomic mass is 9.81. The van der Waals surface area contributed by atoms with Gasteiger partial charge < -0.3 is 15.3 Å². The van der Waals surface area contributed by atoms with Crippen LogP contribution in [0.25, 0.3) is 0 Å². The third-order valence-corrected chi connectivity index (χ3v) is 4.33. The van der Waals surface area contributed by atoms with E-state index in [1.54, 1.807) is 0 Å². The molecule has 0 spiro atoms. The fraction of sp³-hybridized carbons (Fsp3) is 1.00. The van der Waals surface area contributed by atoms with Crippen molar-refractivity contribution < 1.29 is 5.11 Å². The Morgan fingerprint density at radius 3 is 2.50 bits per heavy atom. The number of hydrogen-bond donors (Lipinski definition) is 2. The summed E-state index contributed by atoms with van der Waals surface area (Å²) < 4.78 is 0. The van der Waals surface area contributed by atoms with E-state index in [9.17, 15) is 5.11 Å². The maximum Gasteiger partial charge on any atom is 0.0546 e. The quantitative estimate of drug-likeness (QED) is 0.698. The number of nitrogens with one attached hydrogen (secondary N) is 1. The molecule has 0 aromatic carbocycles. The first-order chi connectivity index (χ1) is 8.35. The minimum atomic E-state index is -0.0263. The van der Waals surface area contributed by atoms with Crippen molar-refractivity contribution in [3.8, 4) is 0 Å². The Morgan fingerprint density at radius 1 is 1.39 bits per heavy atom. The van der Waals surface area contributed by atoms with Crippen LogP contribution >= 0.6 is 0 Å². The smallest absolute Gasteiger partial charge is 0.0546 e. The predicted molar refractivity (Wildman–Crippen MR) is 77.8 cm³/mol. The van der Waals surface area contributed by atoms with E-state index in [2.05, 4.69) is 45.0 Å². The van der Waals surface area contributed by atoms with Crippen molar-refractivity contribution in [2.24, 2.45) is 11.3 Å². The van der Waals surface area contributed by atoms with Gasteiger partial charge in [-0.3, -0.25) is 0 Å². The number of hydrogen-bond acceptors (Lipinski definition) is 3. The lowest BCUT2D eigenvalue weighted by molar-refractivity contribution is 0.0217. The van der Waals surface area contributed by atoms with Gasteiger partial charge in [0.1, 0.15) is 0 Å². The predicted octanol–water partition coefficient (Wildman–Crippen LogP) is 2.10. The van der Waals surface area contributed by atoms with Gasteiger partial charge in [0.2, 0.25) is 0 Å². The van der Waals surface area contributed by atoms with Crippen molar-refractivity contribution in [3.63, 3.8) is 0 Å².